The fraction of sp³-hybridized carbons (Fsp3) is 0.909. The molecule has 2 aliphatic rings. The lowest BCUT2D eigenvalue weighted by Crippen LogP contribution is -2.39. The minimum atomic E-state index is 0. The van der Waals surface area contributed by atoms with Gasteiger partial charge < -0.3 is 14.8 Å². The van der Waals surface area contributed by atoms with Crippen LogP contribution in [0.5, 0.6) is 0 Å². The van der Waals surface area contributed by atoms with Crippen molar-refractivity contribution in [3.63, 3.8) is 0 Å². The van der Waals surface area contributed by atoms with Crippen LogP contribution in [0, 0.1) is 23.7 Å². The van der Waals surface area contributed by atoms with Crippen molar-refractivity contribution in [2.24, 2.45) is 23.7 Å². The zero-order valence-corrected chi connectivity index (χ0v) is 17.5. The van der Waals surface area contributed by atoms with E-state index in [0.717, 1.165) is 38.9 Å². The van der Waals surface area contributed by atoms with Crippen LogP contribution in [0.1, 0.15) is 73.1 Å². The highest BCUT2D eigenvalue weighted by Gasteiger charge is 2.28. The summed E-state index contributed by atoms with van der Waals surface area (Å²) in [6.45, 7) is 6.10. The number of Topliss-reactive ketones (excluding diaryl/α,β-unsaturated/α-hetero) is 1. The lowest BCUT2D eigenvalue weighted by molar-refractivity contribution is -0.127. The Kier molecular flexibility index (Phi) is 9.77. The quantitative estimate of drug-likeness (QED) is 0.579. The molecule has 0 aromatic carbocycles. The van der Waals surface area contributed by atoms with E-state index in [1.807, 2.05) is 13.8 Å². The van der Waals surface area contributed by atoms with Crippen LogP contribution < -0.4 is 5.32 Å². The van der Waals surface area contributed by atoms with E-state index in [-0.39, 0.29) is 25.2 Å². The highest BCUT2D eigenvalue weighted by molar-refractivity contribution is 5.83. The first-order valence-electron chi connectivity index (χ1n) is 10.9. The molecule has 2 saturated carbocycles. The molecule has 27 heavy (non-hydrogen) atoms. The third kappa shape index (κ3) is 7.90. The molecule has 0 unspecified atom stereocenters. The second kappa shape index (κ2) is 11.8. The van der Waals surface area contributed by atoms with E-state index in [1.165, 1.54) is 25.7 Å². The van der Waals surface area contributed by atoms with Gasteiger partial charge in [-0.25, -0.2) is 0 Å². The second-order valence-electron chi connectivity index (χ2n) is 8.84. The van der Waals surface area contributed by atoms with E-state index in [1.54, 1.807) is 7.11 Å². The second-order valence-corrected chi connectivity index (χ2v) is 8.84. The minimum Gasteiger partial charge on any atom is -0.384 e. The molecule has 0 aromatic heterocycles. The largest absolute Gasteiger partial charge is 0.384 e. The van der Waals surface area contributed by atoms with Crippen molar-refractivity contribution in [1.82, 2.24) is 5.32 Å². The van der Waals surface area contributed by atoms with Gasteiger partial charge in [-0.05, 0) is 63.2 Å². The lowest BCUT2D eigenvalue weighted by atomic mass is 9.80. The topological polar surface area (TPSA) is 64.6 Å². The molecule has 0 heterocycles. The normalized spacial score (nSPS) is 28.9. The minimum absolute atomic E-state index is 0. The molecule has 1 N–H and O–H groups in total. The van der Waals surface area contributed by atoms with Gasteiger partial charge in [0.25, 0.3) is 0 Å². The highest BCUT2D eigenvalue weighted by Crippen LogP contribution is 2.29. The molecule has 0 aromatic rings. The van der Waals surface area contributed by atoms with E-state index >= 15 is 0 Å². The monoisotopic (exact) mass is 383 g/mol. The number of carbonyl (C=O) groups excluding carboxylic acids is 2. The molecule has 2 fully saturated rings. The van der Waals surface area contributed by atoms with Gasteiger partial charge in [-0.15, -0.1) is 0 Å². The summed E-state index contributed by atoms with van der Waals surface area (Å²) in [4.78, 5) is 24.2. The van der Waals surface area contributed by atoms with Crippen molar-refractivity contribution in [3.05, 3.63) is 0 Å². The Balaban J connectivity index is 0.00000392. The zero-order valence-electron chi connectivity index (χ0n) is 17.5. The Morgan fingerprint density at radius 1 is 0.963 bits per heavy atom. The highest BCUT2D eigenvalue weighted by atomic mass is 16.5. The summed E-state index contributed by atoms with van der Waals surface area (Å²) >= 11 is 0. The first kappa shape index (κ1) is 22.4. The van der Waals surface area contributed by atoms with Gasteiger partial charge in [0.15, 0.2) is 0 Å². The number of hydrogen-bond donors (Lipinski definition) is 1. The van der Waals surface area contributed by atoms with Gasteiger partial charge in [-0.1, -0.05) is 13.8 Å². The van der Waals surface area contributed by atoms with Crippen molar-refractivity contribution < 1.29 is 20.5 Å². The third-order valence-electron chi connectivity index (χ3n) is 6.26. The molecule has 158 valence electrons. The summed E-state index contributed by atoms with van der Waals surface area (Å²) in [7, 11) is 1.77. The first-order chi connectivity index (χ1) is 13.0. The van der Waals surface area contributed by atoms with Crippen LogP contribution in [0.4, 0.5) is 0 Å². The molecule has 5 nitrogen and oxygen atoms in total. The summed E-state index contributed by atoms with van der Waals surface area (Å²) in [6, 6.07) is 0.227. The van der Waals surface area contributed by atoms with E-state index in [9.17, 15) is 9.59 Å². The average Bonchev–Trinajstić information content (AvgIpc) is 2.66. The third-order valence-corrected chi connectivity index (χ3v) is 6.26. The van der Waals surface area contributed by atoms with Gasteiger partial charge in [0.2, 0.25) is 5.91 Å². The number of nitrogens with one attached hydrogen (secondary N) is 1. The Morgan fingerprint density at radius 3 is 2.11 bits per heavy atom. The van der Waals surface area contributed by atoms with Crippen LogP contribution in [0.3, 0.4) is 0 Å². The van der Waals surface area contributed by atoms with Crippen LogP contribution in [0.15, 0.2) is 0 Å². The van der Waals surface area contributed by atoms with Crippen molar-refractivity contribution in [2.45, 2.75) is 77.7 Å². The number of hydrogen-bond acceptors (Lipinski definition) is 4. The summed E-state index contributed by atoms with van der Waals surface area (Å²) in [5.41, 5.74) is 0. The Morgan fingerprint density at radius 2 is 1.56 bits per heavy atom. The molecule has 0 saturated heterocycles. The molecule has 0 spiro atoms. The summed E-state index contributed by atoms with van der Waals surface area (Å²) in [6.07, 6.45) is 8.95. The molecular weight excluding hydrogens is 342 g/mol. The number of ketones is 1. The van der Waals surface area contributed by atoms with E-state index in [2.05, 4.69) is 5.32 Å². The van der Waals surface area contributed by atoms with Crippen LogP contribution in [-0.2, 0) is 19.1 Å². The van der Waals surface area contributed by atoms with Crippen LogP contribution in [-0.4, -0.2) is 44.7 Å². The van der Waals surface area contributed by atoms with Gasteiger partial charge in [0.05, 0.1) is 6.61 Å². The predicted octanol–water partition coefficient (Wildman–Crippen LogP) is 3.99. The van der Waals surface area contributed by atoms with Crippen molar-refractivity contribution in [2.75, 3.05) is 26.9 Å². The number of ether oxygens (including phenoxy) is 2. The molecule has 0 bridgehead atoms. The fourth-order valence-electron chi connectivity index (χ4n) is 4.51. The average molecular weight is 384 g/mol. The van der Waals surface area contributed by atoms with E-state index in [0.29, 0.717) is 30.6 Å². The van der Waals surface area contributed by atoms with Gasteiger partial charge >= 0.3 is 0 Å². The lowest BCUT2D eigenvalue weighted by Gasteiger charge is -2.29. The molecule has 1 amide bonds. The molecule has 0 atom stereocenters. The molecule has 0 aliphatic heterocycles. The van der Waals surface area contributed by atoms with Gasteiger partial charge in [0, 0.05) is 46.0 Å². The van der Waals surface area contributed by atoms with Crippen molar-refractivity contribution in [3.8, 4) is 0 Å². The fourth-order valence-corrected chi connectivity index (χ4v) is 4.51. The number of methoxy groups -OCH3 is 1. The SMILES string of the molecule is COCC1CCC(COCCC(=O)NC2CCC(C(=O)C(C)C)CC2)CC1.[HH]. The number of carbonyl (C=O) groups is 2. The Labute approximate surface area is 166 Å². The van der Waals surface area contributed by atoms with Gasteiger partial charge in [-0.2, -0.15) is 0 Å². The Hall–Kier alpha value is -0.940. The molecule has 2 aliphatic carbocycles. The van der Waals surface area contributed by atoms with Gasteiger partial charge in [-0.3, -0.25) is 9.59 Å². The van der Waals surface area contributed by atoms with Crippen LogP contribution in [0.25, 0.3) is 0 Å². The van der Waals surface area contributed by atoms with Gasteiger partial charge in [0.1, 0.15) is 5.78 Å². The van der Waals surface area contributed by atoms with Crippen molar-refractivity contribution in [1.29, 1.82) is 0 Å². The zero-order chi connectivity index (χ0) is 19.6. The predicted molar refractivity (Wildman–Crippen MR) is 109 cm³/mol. The summed E-state index contributed by atoms with van der Waals surface area (Å²) in [5, 5.41) is 3.12. The summed E-state index contributed by atoms with van der Waals surface area (Å²) in [5.74, 6) is 2.12. The van der Waals surface area contributed by atoms with Crippen molar-refractivity contribution >= 4 is 11.7 Å². The molecule has 2 rings (SSSR count). The summed E-state index contributed by atoms with van der Waals surface area (Å²) < 4.78 is 11.0. The Bertz CT molecular complexity index is 455. The standard InChI is InChI=1S/C22H39NO4.H2/c1-16(2)22(25)19-8-10-20(11-9-19)23-21(24)12-13-27-15-18-6-4-17(5-7-18)14-26-3;/h16-20H,4-15H2,1-3H3,(H,23,24);1H. The van der Waals surface area contributed by atoms with Crippen LogP contribution in [0.2, 0.25) is 0 Å². The number of rotatable bonds is 10. The maximum absolute atomic E-state index is 12.1. The smallest absolute Gasteiger partial charge is 0.222 e. The maximum Gasteiger partial charge on any atom is 0.222 e. The first-order valence-corrected chi connectivity index (χ1v) is 10.9. The van der Waals surface area contributed by atoms with E-state index < -0.39 is 0 Å². The molecule has 0 radical (unpaired) electrons. The molecular formula is C22H41NO4. The molecule has 5 heteroatoms. The number of amides is 1. The van der Waals surface area contributed by atoms with Crippen LogP contribution >= 0.6 is 0 Å². The maximum atomic E-state index is 12.1. The van der Waals surface area contributed by atoms with E-state index in [4.69, 9.17) is 9.47 Å².